The number of aliphatic carboxylic acids is 2. The van der Waals surface area contributed by atoms with E-state index in [-0.39, 0.29) is 31.0 Å². The van der Waals surface area contributed by atoms with Gasteiger partial charge in [0.2, 0.25) is 0 Å². The highest BCUT2D eigenvalue weighted by Gasteiger charge is 2.40. The van der Waals surface area contributed by atoms with E-state index in [9.17, 15) is 14.4 Å². The molecule has 20 heavy (non-hydrogen) atoms. The van der Waals surface area contributed by atoms with Gasteiger partial charge in [-0.3, -0.25) is 14.4 Å². The second-order valence-electron chi connectivity index (χ2n) is 4.56. The molecule has 0 bridgehead atoms. The van der Waals surface area contributed by atoms with Crippen molar-refractivity contribution < 1.29 is 24.6 Å². The third-order valence-electron chi connectivity index (χ3n) is 3.34. The van der Waals surface area contributed by atoms with Crippen molar-refractivity contribution in [3.05, 3.63) is 24.3 Å². The molecule has 1 aliphatic rings. The number of carbonyl (C=O) groups is 3. The first-order valence-corrected chi connectivity index (χ1v) is 6.00. The van der Waals surface area contributed by atoms with Crippen LogP contribution >= 0.6 is 0 Å². The maximum absolute atomic E-state index is 12.1. The number of aromatic nitrogens is 2. The van der Waals surface area contributed by atoms with Crippen molar-refractivity contribution in [2.24, 2.45) is 11.8 Å². The Bertz CT molecular complexity index is 533. The van der Waals surface area contributed by atoms with E-state index in [1.165, 1.54) is 23.6 Å². The number of piperidine rings is 1. The number of rotatable bonds is 3. The number of carboxylic acids is 2. The van der Waals surface area contributed by atoms with Crippen molar-refractivity contribution in [1.82, 2.24) is 14.9 Å². The highest BCUT2D eigenvalue weighted by molar-refractivity contribution is 5.94. The first-order valence-electron chi connectivity index (χ1n) is 6.00. The summed E-state index contributed by atoms with van der Waals surface area (Å²) in [5.41, 5.74) is 0.255. The summed E-state index contributed by atoms with van der Waals surface area (Å²) in [6.07, 6.45) is 4.09. The maximum atomic E-state index is 12.1. The Balaban J connectivity index is 2.15. The van der Waals surface area contributed by atoms with Gasteiger partial charge in [0.15, 0.2) is 0 Å². The van der Waals surface area contributed by atoms with E-state index in [0.717, 1.165) is 0 Å². The molecule has 1 aromatic rings. The van der Waals surface area contributed by atoms with Crippen LogP contribution in [-0.2, 0) is 9.59 Å². The van der Waals surface area contributed by atoms with Crippen LogP contribution in [0.25, 0.3) is 0 Å². The first-order chi connectivity index (χ1) is 9.50. The summed E-state index contributed by atoms with van der Waals surface area (Å²) in [4.78, 5) is 43.1. The maximum Gasteiger partial charge on any atom is 0.309 e. The molecule has 0 saturated carbocycles. The number of hydrogen-bond donors (Lipinski definition) is 2. The van der Waals surface area contributed by atoms with Crippen LogP contribution in [0.3, 0.4) is 0 Å². The molecule has 0 aromatic carbocycles. The second-order valence-corrected chi connectivity index (χ2v) is 4.56. The second kappa shape index (κ2) is 5.64. The van der Waals surface area contributed by atoms with Crippen LogP contribution < -0.4 is 0 Å². The van der Waals surface area contributed by atoms with E-state index in [2.05, 4.69) is 9.97 Å². The molecule has 1 amide bonds. The predicted octanol–water partition coefficient (Wildman–Crippen LogP) is -0.276. The van der Waals surface area contributed by atoms with Gasteiger partial charge in [-0.1, -0.05) is 0 Å². The third kappa shape index (κ3) is 2.73. The molecule has 0 spiro atoms. The van der Waals surface area contributed by atoms with Gasteiger partial charge >= 0.3 is 11.9 Å². The molecular formula is C12H13N3O5. The SMILES string of the molecule is O=C(O)C1CCN(C(=O)c2cncnc2)CC1C(=O)O. The molecule has 8 heteroatoms. The summed E-state index contributed by atoms with van der Waals surface area (Å²) in [6.45, 7) is 0.0779. The predicted molar refractivity (Wildman–Crippen MR) is 64.8 cm³/mol. The lowest BCUT2D eigenvalue weighted by Gasteiger charge is -2.34. The van der Waals surface area contributed by atoms with Gasteiger partial charge in [0.1, 0.15) is 6.33 Å². The standard InChI is InChI=1S/C12H13N3O5/c16-10(7-3-13-6-14-4-7)15-2-1-8(11(17)18)9(5-15)12(19)20/h3-4,6,8-9H,1-2,5H2,(H,17,18)(H,19,20). The van der Waals surface area contributed by atoms with Gasteiger partial charge in [-0.2, -0.15) is 0 Å². The highest BCUT2D eigenvalue weighted by atomic mass is 16.4. The number of carboxylic acid groups (broad SMARTS) is 2. The van der Waals surface area contributed by atoms with E-state index < -0.39 is 23.8 Å². The van der Waals surface area contributed by atoms with Crippen molar-refractivity contribution in [2.75, 3.05) is 13.1 Å². The molecule has 1 aromatic heterocycles. The number of likely N-dealkylation sites (tertiary alicyclic amines) is 1. The van der Waals surface area contributed by atoms with Gasteiger partial charge in [0.25, 0.3) is 5.91 Å². The Morgan fingerprint density at radius 2 is 1.70 bits per heavy atom. The molecule has 2 atom stereocenters. The Morgan fingerprint density at radius 1 is 1.10 bits per heavy atom. The minimum atomic E-state index is -1.21. The molecule has 8 nitrogen and oxygen atoms in total. The molecule has 0 radical (unpaired) electrons. The van der Waals surface area contributed by atoms with Gasteiger partial charge in [0, 0.05) is 25.5 Å². The molecule has 1 aliphatic heterocycles. The molecule has 2 rings (SSSR count). The smallest absolute Gasteiger partial charge is 0.309 e. The lowest BCUT2D eigenvalue weighted by atomic mass is 9.85. The minimum absolute atomic E-state index is 0.117. The van der Waals surface area contributed by atoms with E-state index in [1.807, 2.05) is 0 Å². The largest absolute Gasteiger partial charge is 0.481 e. The van der Waals surface area contributed by atoms with Crippen LogP contribution in [-0.4, -0.2) is 56.0 Å². The molecule has 1 fully saturated rings. The zero-order valence-corrected chi connectivity index (χ0v) is 10.5. The van der Waals surface area contributed by atoms with Crippen molar-refractivity contribution in [2.45, 2.75) is 6.42 Å². The normalized spacial score (nSPS) is 22.3. The fourth-order valence-corrected chi connectivity index (χ4v) is 2.27. The molecule has 106 valence electrons. The van der Waals surface area contributed by atoms with Crippen LogP contribution in [0.4, 0.5) is 0 Å². The Kier molecular flexibility index (Phi) is 3.92. The van der Waals surface area contributed by atoms with Crippen LogP contribution in [0, 0.1) is 11.8 Å². The van der Waals surface area contributed by atoms with Crippen molar-refractivity contribution >= 4 is 17.8 Å². The summed E-state index contributed by atoms with van der Waals surface area (Å²) in [5.74, 6) is -4.81. The van der Waals surface area contributed by atoms with Crippen LogP contribution in [0.15, 0.2) is 18.7 Å². The van der Waals surface area contributed by atoms with Crippen LogP contribution in [0.5, 0.6) is 0 Å². The Labute approximate surface area is 114 Å². The summed E-state index contributed by atoms with van der Waals surface area (Å²) < 4.78 is 0. The van der Waals surface area contributed by atoms with Crippen molar-refractivity contribution in [1.29, 1.82) is 0 Å². The number of hydrogen-bond acceptors (Lipinski definition) is 5. The van der Waals surface area contributed by atoms with Gasteiger partial charge < -0.3 is 15.1 Å². The highest BCUT2D eigenvalue weighted by Crippen LogP contribution is 2.25. The van der Waals surface area contributed by atoms with Gasteiger partial charge in [0.05, 0.1) is 17.4 Å². The average Bonchev–Trinajstić information content (AvgIpc) is 2.46. The zero-order valence-electron chi connectivity index (χ0n) is 10.5. The van der Waals surface area contributed by atoms with E-state index >= 15 is 0 Å². The summed E-state index contributed by atoms with van der Waals surface area (Å²) >= 11 is 0. The third-order valence-corrected chi connectivity index (χ3v) is 3.34. The minimum Gasteiger partial charge on any atom is -0.481 e. The van der Waals surface area contributed by atoms with Crippen molar-refractivity contribution in [3.8, 4) is 0 Å². The topological polar surface area (TPSA) is 121 Å². The lowest BCUT2D eigenvalue weighted by molar-refractivity contribution is -0.156. The van der Waals surface area contributed by atoms with Crippen molar-refractivity contribution in [3.63, 3.8) is 0 Å². The summed E-state index contributed by atoms with van der Waals surface area (Å²) in [7, 11) is 0. The molecule has 2 unspecified atom stereocenters. The Morgan fingerprint density at radius 3 is 2.25 bits per heavy atom. The molecule has 2 heterocycles. The monoisotopic (exact) mass is 279 g/mol. The molecule has 1 saturated heterocycles. The average molecular weight is 279 g/mol. The number of amides is 1. The molecule has 2 N–H and O–H groups in total. The Hall–Kier alpha value is -2.51. The van der Waals surface area contributed by atoms with E-state index in [1.54, 1.807) is 0 Å². The first kappa shape index (κ1) is 13.9. The van der Waals surface area contributed by atoms with Gasteiger partial charge in [-0.25, -0.2) is 9.97 Å². The summed E-state index contributed by atoms with van der Waals surface area (Å²) in [5, 5.41) is 18.1. The molecule has 0 aliphatic carbocycles. The fourth-order valence-electron chi connectivity index (χ4n) is 2.27. The summed E-state index contributed by atoms with van der Waals surface area (Å²) in [6, 6.07) is 0. The van der Waals surface area contributed by atoms with Gasteiger partial charge in [-0.15, -0.1) is 0 Å². The number of carbonyl (C=O) groups excluding carboxylic acids is 1. The quantitative estimate of drug-likeness (QED) is 0.780. The van der Waals surface area contributed by atoms with Crippen LogP contribution in [0.2, 0.25) is 0 Å². The van der Waals surface area contributed by atoms with Crippen LogP contribution in [0.1, 0.15) is 16.8 Å². The lowest BCUT2D eigenvalue weighted by Crippen LogP contribution is -2.48. The fraction of sp³-hybridized carbons (Fsp3) is 0.417. The van der Waals surface area contributed by atoms with E-state index in [4.69, 9.17) is 10.2 Å². The van der Waals surface area contributed by atoms with E-state index in [0.29, 0.717) is 0 Å². The molecular weight excluding hydrogens is 266 g/mol. The van der Waals surface area contributed by atoms with Gasteiger partial charge in [-0.05, 0) is 6.42 Å². The zero-order chi connectivity index (χ0) is 14.7. The number of nitrogens with zero attached hydrogens (tertiary/aromatic N) is 3.